The molecule has 0 atom stereocenters. The van der Waals surface area contributed by atoms with Crippen molar-refractivity contribution in [3.63, 3.8) is 0 Å². The summed E-state index contributed by atoms with van der Waals surface area (Å²) in [5, 5.41) is -0.323. The van der Waals surface area contributed by atoms with Gasteiger partial charge >= 0.3 is 0 Å². The molecule has 0 radical (unpaired) electrons. The lowest BCUT2D eigenvalue weighted by molar-refractivity contribution is 0.114. The molecule has 0 bridgehead atoms. The van der Waals surface area contributed by atoms with E-state index in [4.69, 9.17) is 4.74 Å². The first kappa shape index (κ1) is 26.3. The SMILES string of the molecule is CS(=O)(=O)c1ccc(N2CCc3c(OC4CCN(C(=O)Sc5ccc(F)cc5F)CC4)ncnc32)c(F)c1. The van der Waals surface area contributed by atoms with E-state index < -0.39 is 27.3 Å². The smallest absolute Gasteiger partial charge is 0.286 e. The van der Waals surface area contributed by atoms with Gasteiger partial charge in [-0.1, -0.05) is 0 Å². The molecule has 8 nitrogen and oxygen atoms in total. The van der Waals surface area contributed by atoms with Crippen molar-refractivity contribution in [2.24, 2.45) is 0 Å². The third-order valence-electron chi connectivity index (χ3n) is 6.43. The second-order valence-corrected chi connectivity index (χ2v) is 12.0. The highest BCUT2D eigenvalue weighted by atomic mass is 32.2. The van der Waals surface area contributed by atoms with E-state index in [0.29, 0.717) is 50.6 Å². The monoisotopic (exact) mass is 564 g/mol. The summed E-state index contributed by atoms with van der Waals surface area (Å²) in [5.74, 6) is -1.27. The van der Waals surface area contributed by atoms with E-state index in [1.54, 1.807) is 9.80 Å². The molecule has 13 heteroatoms. The Labute approximate surface area is 221 Å². The summed E-state index contributed by atoms with van der Waals surface area (Å²) in [6.07, 6.45) is 3.71. The predicted octanol–water partition coefficient (Wildman–Crippen LogP) is 4.75. The van der Waals surface area contributed by atoms with Crippen molar-refractivity contribution >= 4 is 38.3 Å². The topological polar surface area (TPSA) is 92.7 Å². The zero-order valence-electron chi connectivity index (χ0n) is 20.2. The van der Waals surface area contributed by atoms with Crippen molar-refractivity contribution in [3.05, 3.63) is 65.7 Å². The zero-order valence-corrected chi connectivity index (χ0v) is 21.9. The summed E-state index contributed by atoms with van der Waals surface area (Å²) in [5.41, 5.74) is 0.933. The van der Waals surface area contributed by atoms with E-state index >= 15 is 0 Å². The van der Waals surface area contributed by atoms with Gasteiger partial charge in [-0.3, -0.25) is 4.79 Å². The molecule has 1 amide bonds. The molecular weight excluding hydrogens is 541 g/mol. The molecule has 0 spiro atoms. The van der Waals surface area contributed by atoms with Crippen LogP contribution < -0.4 is 9.64 Å². The maximum atomic E-state index is 14.8. The molecule has 2 aliphatic rings. The van der Waals surface area contributed by atoms with Gasteiger partial charge in [0.15, 0.2) is 9.84 Å². The second kappa shape index (κ2) is 10.4. The number of anilines is 2. The minimum atomic E-state index is -3.54. The van der Waals surface area contributed by atoms with Crippen LogP contribution in [0.4, 0.5) is 29.5 Å². The molecule has 1 fully saturated rings. The molecule has 0 unspecified atom stereocenters. The predicted molar refractivity (Wildman–Crippen MR) is 135 cm³/mol. The summed E-state index contributed by atoms with van der Waals surface area (Å²) < 4.78 is 71.5. The quantitative estimate of drug-likeness (QED) is 0.410. The number of carbonyl (C=O) groups is 1. The number of fused-ring (bicyclic) bond motifs is 1. The van der Waals surface area contributed by atoms with Gasteiger partial charge < -0.3 is 14.5 Å². The van der Waals surface area contributed by atoms with Crippen LogP contribution >= 0.6 is 11.8 Å². The third kappa shape index (κ3) is 5.44. The average molecular weight is 565 g/mol. The number of halogens is 3. The summed E-state index contributed by atoms with van der Waals surface area (Å²) in [6.45, 7) is 1.22. The number of hydrogen-bond donors (Lipinski definition) is 0. The van der Waals surface area contributed by atoms with Crippen LogP contribution in [0.15, 0.2) is 52.5 Å². The molecule has 5 rings (SSSR count). The van der Waals surface area contributed by atoms with Gasteiger partial charge in [0, 0.05) is 44.8 Å². The van der Waals surface area contributed by atoms with Gasteiger partial charge in [-0.05, 0) is 48.5 Å². The number of aromatic nitrogens is 2. The number of carbonyl (C=O) groups excluding carboxylic acids is 1. The summed E-state index contributed by atoms with van der Waals surface area (Å²) in [7, 11) is -3.54. The van der Waals surface area contributed by atoms with Crippen molar-refractivity contribution in [1.82, 2.24) is 14.9 Å². The summed E-state index contributed by atoms with van der Waals surface area (Å²) >= 11 is 0.723. The fourth-order valence-corrected chi connectivity index (χ4v) is 5.90. The lowest BCUT2D eigenvalue weighted by Crippen LogP contribution is -2.40. The maximum Gasteiger partial charge on any atom is 0.286 e. The highest BCUT2D eigenvalue weighted by Crippen LogP contribution is 2.39. The van der Waals surface area contributed by atoms with Crippen molar-refractivity contribution in [2.45, 2.75) is 35.2 Å². The number of nitrogens with zero attached hydrogens (tertiary/aromatic N) is 4. The van der Waals surface area contributed by atoms with Gasteiger partial charge in [0.2, 0.25) is 5.88 Å². The Hall–Kier alpha value is -3.32. The number of ether oxygens (including phenoxy) is 1. The number of rotatable bonds is 5. The standard InChI is InChI=1S/C25H23F3N4O4S2/c1-38(34,35)17-3-4-21(19(27)13-17)32-11-8-18-23(32)29-14-30-24(18)36-16-6-9-31(10-7-16)25(33)37-22-5-2-15(26)12-20(22)28/h2-5,12-14,16H,6-11H2,1H3. The molecular formula is C25H23F3N4O4S2. The van der Waals surface area contributed by atoms with E-state index in [-0.39, 0.29) is 26.8 Å². The minimum absolute atomic E-state index is 0.0678. The second-order valence-electron chi connectivity index (χ2n) is 9.01. The number of amides is 1. The van der Waals surface area contributed by atoms with Gasteiger partial charge in [0.1, 0.15) is 35.7 Å². The maximum absolute atomic E-state index is 14.8. The highest BCUT2D eigenvalue weighted by molar-refractivity contribution is 8.13. The molecule has 2 aromatic carbocycles. The number of piperidine rings is 1. The van der Waals surface area contributed by atoms with E-state index in [1.165, 1.54) is 24.5 Å². The largest absolute Gasteiger partial charge is 0.474 e. The first-order valence-electron chi connectivity index (χ1n) is 11.8. The molecule has 1 saturated heterocycles. The Bertz CT molecular complexity index is 1500. The molecule has 200 valence electrons. The van der Waals surface area contributed by atoms with Crippen LogP contribution in [0.5, 0.6) is 5.88 Å². The molecule has 2 aliphatic heterocycles. The van der Waals surface area contributed by atoms with Gasteiger partial charge in [0.05, 0.1) is 21.0 Å². The Kier molecular flexibility index (Phi) is 7.23. The van der Waals surface area contributed by atoms with Crippen molar-refractivity contribution in [3.8, 4) is 5.88 Å². The Morgan fingerprint density at radius 2 is 1.79 bits per heavy atom. The van der Waals surface area contributed by atoms with Crippen LogP contribution in [0.3, 0.4) is 0 Å². The Morgan fingerprint density at radius 1 is 1.03 bits per heavy atom. The van der Waals surface area contributed by atoms with Crippen LogP contribution in [-0.4, -0.2) is 60.5 Å². The summed E-state index contributed by atoms with van der Waals surface area (Å²) in [4.78, 5) is 24.4. The number of thioether (sulfide) groups is 1. The first-order valence-corrected chi connectivity index (χ1v) is 14.5. The number of likely N-dealkylation sites (tertiary alicyclic amines) is 1. The van der Waals surface area contributed by atoms with E-state index in [1.807, 2.05) is 0 Å². The van der Waals surface area contributed by atoms with Crippen LogP contribution in [0.1, 0.15) is 18.4 Å². The molecule has 38 heavy (non-hydrogen) atoms. The van der Waals surface area contributed by atoms with E-state index in [9.17, 15) is 26.4 Å². The van der Waals surface area contributed by atoms with Crippen LogP contribution in [0.2, 0.25) is 0 Å². The van der Waals surface area contributed by atoms with Crippen LogP contribution in [0, 0.1) is 17.5 Å². The molecule has 0 aliphatic carbocycles. The van der Waals surface area contributed by atoms with E-state index in [0.717, 1.165) is 41.8 Å². The van der Waals surface area contributed by atoms with Gasteiger partial charge in [-0.2, -0.15) is 0 Å². The number of hydrogen-bond acceptors (Lipinski definition) is 8. The van der Waals surface area contributed by atoms with Gasteiger partial charge in [-0.15, -0.1) is 0 Å². The Morgan fingerprint density at radius 3 is 2.47 bits per heavy atom. The first-order chi connectivity index (χ1) is 18.1. The normalized spacial score (nSPS) is 16.0. The molecule has 1 aromatic heterocycles. The third-order valence-corrected chi connectivity index (χ3v) is 8.53. The van der Waals surface area contributed by atoms with Crippen molar-refractivity contribution in [2.75, 3.05) is 30.8 Å². The number of benzene rings is 2. The minimum Gasteiger partial charge on any atom is -0.474 e. The lowest BCUT2D eigenvalue weighted by atomic mass is 10.1. The van der Waals surface area contributed by atoms with E-state index in [2.05, 4.69) is 9.97 Å². The zero-order chi connectivity index (χ0) is 27.0. The fourth-order valence-electron chi connectivity index (χ4n) is 4.47. The molecule has 0 N–H and O–H groups in total. The fraction of sp³-hybridized carbons (Fsp3) is 0.320. The number of sulfone groups is 1. The van der Waals surface area contributed by atoms with Crippen molar-refractivity contribution in [1.29, 1.82) is 0 Å². The highest BCUT2D eigenvalue weighted by Gasteiger charge is 2.31. The van der Waals surface area contributed by atoms with Crippen LogP contribution in [-0.2, 0) is 16.3 Å². The lowest BCUT2D eigenvalue weighted by Gasteiger charge is -2.31. The van der Waals surface area contributed by atoms with Crippen LogP contribution in [0.25, 0.3) is 0 Å². The molecule has 3 heterocycles. The van der Waals surface area contributed by atoms with Gasteiger partial charge in [-0.25, -0.2) is 31.6 Å². The summed E-state index contributed by atoms with van der Waals surface area (Å²) in [6, 6.07) is 6.89. The molecule has 3 aromatic rings. The Balaban J connectivity index is 1.23. The van der Waals surface area contributed by atoms with Crippen molar-refractivity contribution < 1.29 is 31.1 Å². The van der Waals surface area contributed by atoms with Gasteiger partial charge in [0.25, 0.3) is 5.24 Å². The average Bonchev–Trinajstić information content (AvgIpc) is 3.30. The molecule has 0 saturated carbocycles.